The molecular formula is C10H14O3. The predicted octanol–water partition coefficient (Wildman–Crippen LogP) is 1.68. The molecule has 0 amide bonds. The fraction of sp³-hybridized carbons (Fsp3) is 0.600. The van der Waals surface area contributed by atoms with E-state index in [-0.39, 0.29) is 24.2 Å². The van der Waals surface area contributed by atoms with Gasteiger partial charge in [-0.15, -0.1) is 6.58 Å². The fourth-order valence-corrected chi connectivity index (χ4v) is 1.62. The van der Waals surface area contributed by atoms with Crippen LogP contribution in [0.25, 0.3) is 0 Å². The molecule has 1 rings (SSSR count). The number of esters is 2. The van der Waals surface area contributed by atoms with E-state index in [1.54, 1.807) is 0 Å². The lowest BCUT2D eigenvalue weighted by Crippen LogP contribution is -2.16. The van der Waals surface area contributed by atoms with Crippen LogP contribution in [-0.2, 0) is 14.3 Å². The zero-order chi connectivity index (χ0) is 10.0. The van der Waals surface area contributed by atoms with Crippen LogP contribution in [0.15, 0.2) is 12.2 Å². The molecule has 0 saturated carbocycles. The summed E-state index contributed by atoms with van der Waals surface area (Å²) in [5.41, 5.74) is 1.03. The minimum absolute atomic E-state index is 0.149. The topological polar surface area (TPSA) is 43.4 Å². The second kappa shape index (κ2) is 3.73. The molecule has 0 spiro atoms. The molecule has 1 heterocycles. The van der Waals surface area contributed by atoms with Gasteiger partial charge >= 0.3 is 11.9 Å². The van der Waals surface area contributed by atoms with Gasteiger partial charge in [0.05, 0.1) is 12.3 Å². The van der Waals surface area contributed by atoms with Gasteiger partial charge in [-0.2, -0.15) is 0 Å². The smallest absolute Gasteiger partial charge is 0.317 e. The van der Waals surface area contributed by atoms with Crippen LogP contribution in [0.4, 0.5) is 0 Å². The molecule has 72 valence electrons. The van der Waals surface area contributed by atoms with Gasteiger partial charge in [-0.3, -0.25) is 9.59 Å². The summed E-state index contributed by atoms with van der Waals surface area (Å²) >= 11 is 0. The molecule has 1 aliphatic rings. The maximum Gasteiger partial charge on any atom is 0.317 e. The van der Waals surface area contributed by atoms with Crippen molar-refractivity contribution in [1.82, 2.24) is 0 Å². The number of cyclic esters (lactones) is 2. The van der Waals surface area contributed by atoms with Crippen molar-refractivity contribution in [3.63, 3.8) is 0 Å². The van der Waals surface area contributed by atoms with Gasteiger partial charge in [-0.25, -0.2) is 0 Å². The SMILES string of the molecule is C=C(C)CC(C)C1CC(=O)OC1=O. The molecular weight excluding hydrogens is 168 g/mol. The van der Waals surface area contributed by atoms with Crippen molar-refractivity contribution in [2.75, 3.05) is 0 Å². The monoisotopic (exact) mass is 182 g/mol. The van der Waals surface area contributed by atoms with Crippen LogP contribution < -0.4 is 0 Å². The number of rotatable bonds is 3. The lowest BCUT2D eigenvalue weighted by Gasteiger charge is -2.14. The Hall–Kier alpha value is -1.12. The first kappa shape index (κ1) is 9.96. The van der Waals surface area contributed by atoms with Crippen LogP contribution in [0.2, 0.25) is 0 Å². The normalized spacial score (nSPS) is 24.3. The van der Waals surface area contributed by atoms with Crippen molar-refractivity contribution in [3.05, 3.63) is 12.2 Å². The second-order valence-corrected chi connectivity index (χ2v) is 3.74. The van der Waals surface area contributed by atoms with E-state index in [1.165, 1.54) is 0 Å². The van der Waals surface area contributed by atoms with Crippen molar-refractivity contribution in [2.24, 2.45) is 11.8 Å². The quantitative estimate of drug-likeness (QED) is 0.379. The molecule has 0 aromatic carbocycles. The van der Waals surface area contributed by atoms with Crippen LogP contribution in [0, 0.1) is 11.8 Å². The number of allylic oxidation sites excluding steroid dienone is 1. The molecule has 1 fully saturated rings. The molecule has 13 heavy (non-hydrogen) atoms. The summed E-state index contributed by atoms with van der Waals surface area (Å²) in [5.74, 6) is -0.886. The highest BCUT2D eigenvalue weighted by Crippen LogP contribution is 2.28. The molecule has 3 heteroatoms. The Balaban J connectivity index is 2.56. The summed E-state index contributed by atoms with van der Waals surface area (Å²) < 4.78 is 4.47. The molecule has 0 aromatic rings. The summed E-state index contributed by atoms with van der Waals surface area (Å²) in [6.45, 7) is 7.63. The van der Waals surface area contributed by atoms with E-state index >= 15 is 0 Å². The van der Waals surface area contributed by atoms with E-state index in [1.807, 2.05) is 13.8 Å². The van der Waals surface area contributed by atoms with Crippen molar-refractivity contribution >= 4 is 11.9 Å². The van der Waals surface area contributed by atoms with Crippen LogP contribution in [0.3, 0.4) is 0 Å². The fourth-order valence-electron chi connectivity index (χ4n) is 1.62. The number of ether oxygens (including phenoxy) is 1. The Morgan fingerprint density at radius 2 is 2.31 bits per heavy atom. The highest BCUT2D eigenvalue weighted by atomic mass is 16.6. The third-order valence-electron chi connectivity index (χ3n) is 2.26. The number of carbonyl (C=O) groups is 2. The van der Waals surface area contributed by atoms with Crippen molar-refractivity contribution in [2.45, 2.75) is 26.7 Å². The predicted molar refractivity (Wildman–Crippen MR) is 47.8 cm³/mol. The highest BCUT2D eigenvalue weighted by molar-refractivity contribution is 5.94. The molecule has 2 unspecified atom stereocenters. The Kier molecular flexibility index (Phi) is 2.86. The molecule has 0 radical (unpaired) electrons. The zero-order valence-corrected chi connectivity index (χ0v) is 8.00. The van der Waals surface area contributed by atoms with Gasteiger partial charge in [0.15, 0.2) is 0 Å². The standard InChI is InChI=1S/C10H14O3/c1-6(2)4-7(3)8-5-9(11)13-10(8)12/h7-8H,1,4-5H2,2-3H3. The molecule has 0 aliphatic carbocycles. The van der Waals surface area contributed by atoms with Crippen LogP contribution in [-0.4, -0.2) is 11.9 Å². The third-order valence-corrected chi connectivity index (χ3v) is 2.26. The minimum atomic E-state index is -0.399. The molecule has 2 atom stereocenters. The van der Waals surface area contributed by atoms with E-state index in [4.69, 9.17) is 0 Å². The highest BCUT2D eigenvalue weighted by Gasteiger charge is 2.36. The molecule has 1 aliphatic heterocycles. The van der Waals surface area contributed by atoms with Gasteiger partial charge in [0.25, 0.3) is 0 Å². The zero-order valence-electron chi connectivity index (χ0n) is 8.00. The van der Waals surface area contributed by atoms with E-state index in [0.717, 1.165) is 12.0 Å². The van der Waals surface area contributed by atoms with Gasteiger partial charge in [-0.05, 0) is 19.3 Å². The summed E-state index contributed by atoms with van der Waals surface area (Å²) in [6.07, 6.45) is 1.00. The third kappa shape index (κ3) is 2.41. The number of hydrogen-bond acceptors (Lipinski definition) is 3. The lowest BCUT2D eigenvalue weighted by molar-refractivity contribution is -0.153. The van der Waals surface area contributed by atoms with Gasteiger partial charge in [-0.1, -0.05) is 12.5 Å². The van der Waals surface area contributed by atoms with E-state index in [9.17, 15) is 9.59 Å². The maximum atomic E-state index is 11.1. The van der Waals surface area contributed by atoms with E-state index < -0.39 is 5.97 Å². The molecule has 1 saturated heterocycles. The van der Waals surface area contributed by atoms with Crippen molar-refractivity contribution in [1.29, 1.82) is 0 Å². The summed E-state index contributed by atoms with van der Waals surface area (Å²) in [6, 6.07) is 0. The van der Waals surface area contributed by atoms with Crippen molar-refractivity contribution in [3.8, 4) is 0 Å². The first-order chi connectivity index (χ1) is 6.00. The summed E-state index contributed by atoms with van der Waals surface area (Å²) in [4.78, 5) is 21.9. The lowest BCUT2D eigenvalue weighted by atomic mass is 9.88. The van der Waals surface area contributed by atoms with E-state index in [0.29, 0.717) is 0 Å². The number of carbonyl (C=O) groups excluding carboxylic acids is 2. The average molecular weight is 182 g/mol. The van der Waals surface area contributed by atoms with Gasteiger partial charge in [0.1, 0.15) is 0 Å². The van der Waals surface area contributed by atoms with Crippen LogP contribution in [0.5, 0.6) is 0 Å². The Bertz CT molecular complexity index is 255. The Morgan fingerprint density at radius 3 is 2.69 bits per heavy atom. The maximum absolute atomic E-state index is 11.1. The van der Waals surface area contributed by atoms with Gasteiger partial charge < -0.3 is 4.74 Å². The first-order valence-electron chi connectivity index (χ1n) is 4.39. The first-order valence-corrected chi connectivity index (χ1v) is 4.39. The minimum Gasteiger partial charge on any atom is -0.393 e. The summed E-state index contributed by atoms with van der Waals surface area (Å²) in [7, 11) is 0. The van der Waals surface area contributed by atoms with Crippen molar-refractivity contribution < 1.29 is 14.3 Å². The molecule has 0 aromatic heterocycles. The van der Waals surface area contributed by atoms with Gasteiger partial charge in [0, 0.05) is 0 Å². The Morgan fingerprint density at radius 1 is 1.69 bits per heavy atom. The molecule has 0 N–H and O–H groups in total. The second-order valence-electron chi connectivity index (χ2n) is 3.74. The van der Waals surface area contributed by atoms with Crippen LogP contribution in [0.1, 0.15) is 26.7 Å². The van der Waals surface area contributed by atoms with E-state index in [2.05, 4.69) is 11.3 Å². The average Bonchev–Trinajstić information content (AvgIpc) is 2.28. The Labute approximate surface area is 77.8 Å². The summed E-state index contributed by atoms with van der Waals surface area (Å²) in [5, 5.41) is 0. The molecule has 3 nitrogen and oxygen atoms in total. The van der Waals surface area contributed by atoms with Gasteiger partial charge in [0.2, 0.25) is 0 Å². The molecule has 0 bridgehead atoms. The van der Waals surface area contributed by atoms with Crippen LogP contribution >= 0.6 is 0 Å². The number of hydrogen-bond donors (Lipinski definition) is 0. The largest absolute Gasteiger partial charge is 0.393 e.